The standard InChI is InChI=1S/C16H19FN4O4/c1-9-14(17)16(23)19-15(18-9)11-4-3-7-21(11)13(22)6-5-10-8-12(24-2)20-25-10/h8,11H,3-7H2,1-2H3,(H,18,19,23). The molecule has 2 aromatic rings. The van der Waals surface area contributed by atoms with E-state index < -0.39 is 11.4 Å². The molecular weight excluding hydrogens is 331 g/mol. The van der Waals surface area contributed by atoms with Crippen molar-refractivity contribution >= 4 is 5.91 Å². The first-order valence-corrected chi connectivity index (χ1v) is 8.05. The van der Waals surface area contributed by atoms with E-state index in [4.69, 9.17) is 9.26 Å². The van der Waals surface area contributed by atoms with Crippen molar-refractivity contribution in [1.29, 1.82) is 0 Å². The van der Waals surface area contributed by atoms with Crippen molar-refractivity contribution in [2.75, 3.05) is 13.7 Å². The van der Waals surface area contributed by atoms with E-state index in [2.05, 4.69) is 15.1 Å². The predicted molar refractivity (Wildman–Crippen MR) is 84.6 cm³/mol. The number of H-pyrrole nitrogens is 1. The van der Waals surface area contributed by atoms with Gasteiger partial charge in [-0.15, -0.1) is 0 Å². The van der Waals surface area contributed by atoms with Gasteiger partial charge in [0.25, 0.3) is 11.4 Å². The molecule has 1 saturated heterocycles. The lowest BCUT2D eigenvalue weighted by atomic mass is 10.1. The molecule has 3 rings (SSSR count). The SMILES string of the molecule is COc1cc(CCC(=O)N2CCCC2c2nc(C)c(F)c(=O)[nH]2)on1. The van der Waals surface area contributed by atoms with Gasteiger partial charge in [0.05, 0.1) is 18.8 Å². The van der Waals surface area contributed by atoms with Gasteiger partial charge in [0.1, 0.15) is 11.6 Å². The minimum absolute atomic E-state index is 0.0341. The molecule has 0 aliphatic carbocycles. The zero-order valence-electron chi connectivity index (χ0n) is 14.0. The molecule has 1 N–H and O–H groups in total. The third-order valence-corrected chi connectivity index (χ3v) is 4.27. The smallest absolute Gasteiger partial charge is 0.287 e. The second-order valence-corrected chi connectivity index (χ2v) is 5.93. The summed E-state index contributed by atoms with van der Waals surface area (Å²) < 4.78 is 23.5. The number of hydrogen-bond donors (Lipinski definition) is 1. The summed E-state index contributed by atoms with van der Waals surface area (Å²) in [5, 5.41) is 3.69. The summed E-state index contributed by atoms with van der Waals surface area (Å²) in [5.41, 5.74) is -0.776. The van der Waals surface area contributed by atoms with Crippen LogP contribution < -0.4 is 10.3 Å². The Kier molecular flexibility index (Phi) is 4.82. The molecule has 0 aromatic carbocycles. The Morgan fingerprint density at radius 2 is 2.36 bits per heavy atom. The number of nitrogens with one attached hydrogen (secondary N) is 1. The molecular formula is C16H19FN4O4. The second kappa shape index (κ2) is 7.04. The van der Waals surface area contributed by atoms with Gasteiger partial charge >= 0.3 is 0 Å². The Bertz CT molecular complexity index is 832. The quantitative estimate of drug-likeness (QED) is 0.877. The first-order chi connectivity index (χ1) is 12.0. The molecule has 0 saturated carbocycles. The molecule has 25 heavy (non-hydrogen) atoms. The summed E-state index contributed by atoms with van der Waals surface area (Å²) >= 11 is 0. The minimum atomic E-state index is -0.890. The lowest BCUT2D eigenvalue weighted by Gasteiger charge is -2.24. The van der Waals surface area contributed by atoms with E-state index in [1.54, 1.807) is 11.0 Å². The van der Waals surface area contributed by atoms with Crippen molar-refractivity contribution in [1.82, 2.24) is 20.0 Å². The van der Waals surface area contributed by atoms with Gasteiger partial charge in [-0.25, -0.2) is 4.98 Å². The Hall–Kier alpha value is -2.71. The van der Waals surface area contributed by atoms with E-state index in [9.17, 15) is 14.0 Å². The van der Waals surface area contributed by atoms with E-state index in [-0.39, 0.29) is 24.1 Å². The van der Waals surface area contributed by atoms with Crippen LogP contribution >= 0.6 is 0 Å². The Morgan fingerprint density at radius 3 is 3.04 bits per heavy atom. The third-order valence-electron chi connectivity index (χ3n) is 4.27. The largest absolute Gasteiger partial charge is 0.479 e. The summed E-state index contributed by atoms with van der Waals surface area (Å²) in [7, 11) is 1.49. The van der Waals surface area contributed by atoms with Gasteiger partial charge in [0, 0.05) is 25.5 Å². The van der Waals surface area contributed by atoms with E-state index in [0.29, 0.717) is 36.9 Å². The van der Waals surface area contributed by atoms with Crippen LogP contribution in [-0.2, 0) is 11.2 Å². The fourth-order valence-electron chi connectivity index (χ4n) is 2.98. The van der Waals surface area contributed by atoms with E-state index in [1.807, 2.05) is 0 Å². The van der Waals surface area contributed by atoms with Crippen LogP contribution in [0.1, 0.15) is 42.6 Å². The monoisotopic (exact) mass is 350 g/mol. The zero-order valence-corrected chi connectivity index (χ0v) is 14.0. The van der Waals surface area contributed by atoms with Gasteiger partial charge in [-0.05, 0) is 24.9 Å². The van der Waals surface area contributed by atoms with Crippen molar-refractivity contribution in [3.63, 3.8) is 0 Å². The second-order valence-electron chi connectivity index (χ2n) is 5.93. The van der Waals surface area contributed by atoms with Crippen molar-refractivity contribution in [2.24, 2.45) is 0 Å². The number of likely N-dealkylation sites (tertiary alicyclic amines) is 1. The molecule has 2 aromatic heterocycles. The summed E-state index contributed by atoms with van der Waals surface area (Å²) in [6.07, 6.45) is 2.10. The van der Waals surface area contributed by atoms with Crippen LogP contribution in [-0.4, -0.2) is 39.6 Å². The molecule has 1 aliphatic rings. The van der Waals surface area contributed by atoms with Crippen LogP contribution in [0.5, 0.6) is 5.88 Å². The molecule has 1 fully saturated rings. The average molecular weight is 350 g/mol. The number of aryl methyl sites for hydroxylation is 2. The van der Waals surface area contributed by atoms with Gasteiger partial charge in [0.2, 0.25) is 11.7 Å². The van der Waals surface area contributed by atoms with Crippen molar-refractivity contribution in [3.05, 3.63) is 39.5 Å². The summed E-state index contributed by atoms with van der Waals surface area (Å²) in [5.74, 6) is 0.285. The Balaban J connectivity index is 1.70. The number of rotatable bonds is 5. The predicted octanol–water partition coefficient (Wildman–Crippen LogP) is 1.51. The highest BCUT2D eigenvalue weighted by atomic mass is 19.1. The number of aromatic nitrogens is 3. The van der Waals surface area contributed by atoms with Gasteiger partial charge in [0.15, 0.2) is 0 Å². The zero-order chi connectivity index (χ0) is 18.0. The molecule has 8 nitrogen and oxygen atoms in total. The minimum Gasteiger partial charge on any atom is -0.479 e. The number of carbonyl (C=O) groups excluding carboxylic acids is 1. The normalized spacial score (nSPS) is 17.1. The number of amides is 1. The highest BCUT2D eigenvalue weighted by molar-refractivity contribution is 5.77. The summed E-state index contributed by atoms with van der Waals surface area (Å²) in [4.78, 5) is 32.4. The number of nitrogens with zero attached hydrogens (tertiary/aromatic N) is 3. The number of halogens is 1. The molecule has 1 aliphatic heterocycles. The highest BCUT2D eigenvalue weighted by Crippen LogP contribution is 2.30. The van der Waals surface area contributed by atoms with Crippen molar-refractivity contribution in [3.8, 4) is 5.88 Å². The number of hydrogen-bond acceptors (Lipinski definition) is 6. The highest BCUT2D eigenvalue weighted by Gasteiger charge is 2.32. The summed E-state index contributed by atoms with van der Waals surface area (Å²) in [6, 6.07) is 1.29. The molecule has 9 heteroatoms. The average Bonchev–Trinajstić information content (AvgIpc) is 3.26. The summed E-state index contributed by atoms with van der Waals surface area (Å²) in [6.45, 7) is 2.01. The maximum absolute atomic E-state index is 13.5. The topological polar surface area (TPSA) is 101 Å². The third kappa shape index (κ3) is 3.54. The van der Waals surface area contributed by atoms with Gasteiger partial charge < -0.3 is 19.1 Å². The van der Waals surface area contributed by atoms with Crippen molar-refractivity contribution in [2.45, 2.75) is 38.6 Å². The van der Waals surface area contributed by atoms with E-state index >= 15 is 0 Å². The van der Waals surface area contributed by atoms with Gasteiger partial charge in [-0.1, -0.05) is 0 Å². The van der Waals surface area contributed by atoms with Crippen LogP contribution in [0.2, 0.25) is 0 Å². The number of carbonyl (C=O) groups is 1. The fourth-order valence-corrected chi connectivity index (χ4v) is 2.98. The first-order valence-electron chi connectivity index (χ1n) is 8.05. The van der Waals surface area contributed by atoms with Crippen LogP contribution in [0.15, 0.2) is 15.4 Å². The van der Waals surface area contributed by atoms with Gasteiger partial charge in [-0.3, -0.25) is 9.59 Å². The molecule has 0 radical (unpaired) electrons. The number of methoxy groups -OCH3 is 1. The van der Waals surface area contributed by atoms with Crippen LogP contribution in [0, 0.1) is 12.7 Å². The number of ether oxygens (including phenoxy) is 1. The van der Waals surface area contributed by atoms with E-state index in [1.165, 1.54) is 14.0 Å². The maximum atomic E-state index is 13.5. The molecule has 0 bridgehead atoms. The van der Waals surface area contributed by atoms with Crippen molar-refractivity contribution < 1.29 is 18.4 Å². The molecule has 1 unspecified atom stereocenters. The molecule has 134 valence electrons. The lowest BCUT2D eigenvalue weighted by Crippen LogP contribution is -2.33. The molecule has 1 atom stereocenters. The van der Waals surface area contributed by atoms with Crippen LogP contribution in [0.3, 0.4) is 0 Å². The van der Waals surface area contributed by atoms with E-state index in [0.717, 1.165) is 6.42 Å². The molecule has 3 heterocycles. The molecule has 1 amide bonds. The Labute approximate surface area is 143 Å². The van der Waals surface area contributed by atoms with Gasteiger partial charge in [-0.2, -0.15) is 4.39 Å². The lowest BCUT2D eigenvalue weighted by molar-refractivity contribution is -0.132. The first kappa shape index (κ1) is 17.1. The van der Waals surface area contributed by atoms with Crippen LogP contribution in [0.4, 0.5) is 4.39 Å². The number of aromatic amines is 1. The van der Waals surface area contributed by atoms with Crippen LogP contribution in [0.25, 0.3) is 0 Å². The Morgan fingerprint density at radius 1 is 1.56 bits per heavy atom. The fraction of sp³-hybridized carbons (Fsp3) is 0.500. The maximum Gasteiger partial charge on any atom is 0.287 e. The molecule has 0 spiro atoms.